The molecule has 1 fully saturated rings. The van der Waals surface area contributed by atoms with Crippen LogP contribution in [0.1, 0.15) is 27.2 Å². The van der Waals surface area contributed by atoms with Gasteiger partial charge in [0.2, 0.25) is 0 Å². The second-order valence-corrected chi connectivity index (χ2v) is 5.63. The summed E-state index contributed by atoms with van der Waals surface area (Å²) in [6.07, 6.45) is 0.500. The first-order valence-electron chi connectivity index (χ1n) is 6.76. The summed E-state index contributed by atoms with van der Waals surface area (Å²) >= 11 is 0. The van der Waals surface area contributed by atoms with Crippen LogP contribution in [0.15, 0.2) is 0 Å². The van der Waals surface area contributed by atoms with Gasteiger partial charge in [-0.15, -0.1) is 0 Å². The number of ether oxygens (including phenoxy) is 2. The van der Waals surface area contributed by atoms with Crippen LogP contribution in [0.2, 0.25) is 0 Å². The van der Waals surface area contributed by atoms with E-state index in [4.69, 9.17) is 29.3 Å². The van der Waals surface area contributed by atoms with Crippen LogP contribution in [-0.4, -0.2) is 66.2 Å². The molecule has 128 valence electrons. The van der Waals surface area contributed by atoms with Crippen molar-refractivity contribution in [2.75, 3.05) is 20.2 Å². The van der Waals surface area contributed by atoms with Gasteiger partial charge in [0.15, 0.2) is 0 Å². The quantitative estimate of drug-likeness (QED) is 0.524. The summed E-state index contributed by atoms with van der Waals surface area (Å²) in [4.78, 5) is 29.8. The van der Waals surface area contributed by atoms with E-state index in [0.29, 0.717) is 0 Å². The molecule has 0 spiro atoms. The number of carbonyl (C=O) groups is 3. The van der Waals surface area contributed by atoms with Crippen LogP contribution in [0, 0.1) is 0 Å². The normalized spacial score (nSPS) is 21.1. The number of carboxylic acids is 2. The second kappa shape index (κ2) is 9.21. The Kier molecular flexibility index (Phi) is 8.43. The molecule has 9 heteroatoms. The Morgan fingerprint density at radius 3 is 2.14 bits per heavy atom. The van der Waals surface area contributed by atoms with Crippen LogP contribution in [0.4, 0.5) is 4.79 Å². The van der Waals surface area contributed by atoms with Gasteiger partial charge in [-0.3, -0.25) is 0 Å². The number of piperidine rings is 1. The van der Waals surface area contributed by atoms with E-state index in [9.17, 15) is 4.79 Å². The average molecular weight is 320 g/mol. The lowest BCUT2D eigenvalue weighted by molar-refractivity contribution is -0.159. The maximum absolute atomic E-state index is 11.6. The lowest BCUT2D eigenvalue weighted by atomic mass is 10.0. The number of carbonyl (C=O) groups excluding carboxylic acids is 1. The number of alkyl carbamates (subject to hydrolysis) is 1. The number of hydrogen-bond donors (Lipinski definition) is 4. The fraction of sp³-hybridized carbons (Fsp3) is 0.769. The molecule has 0 aromatic heterocycles. The zero-order chi connectivity index (χ0) is 17.3. The molecular formula is C13H24N2O7. The monoisotopic (exact) mass is 320 g/mol. The molecule has 0 saturated carbocycles. The predicted octanol–water partition coefficient (Wildman–Crippen LogP) is 0.0436. The van der Waals surface area contributed by atoms with E-state index < -0.39 is 17.5 Å². The van der Waals surface area contributed by atoms with E-state index in [1.165, 1.54) is 0 Å². The van der Waals surface area contributed by atoms with Crippen LogP contribution in [0.5, 0.6) is 0 Å². The fourth-order valence-electron chi connectivity index (χ4n) is 1.70. The lowest BCUT2D eigenvalue weighted by Crippen LogP contribution is -2.54. The highest BCUT2D eigenvalue weighted by Crippen LogP contribution is 2.10. The minimum Gasteiger partial charge on any atom is -0.473 e. The van der Waals surface area contributed by atoms with Gasteiger partial charge < -0.3 is 30.3 Å². The molecule has 0 radical (unpaired) electrons. The summed E-state index contributed by atoms with van der Waals surface area (Å²) in [5, 5.41) is 20.9. The van der Waals surface area contributed by atoms with E-state index in [0.717, 1.165) is 19.5 Å². The Morgan fingerprint density at radius 2 is 1.73 bits per heavy atom. The number of carboxylic acid groups (broad SMARTS) is 2. The molecule has 1 aliphatic heterocycles. The highest BCUT2D eigenvalue weighted by Gasteiger charge is 2.27. The topological polar surface area (TPSA) is 134 Å². The summed E-state index contributed by atoms with van der Waals surface area (Å²) in [6.45, 7) is 7.20. The molecule has 0 aromatic carbocycles. The number of aliphatic carboxylic acids is 2. The SMILES string of the molecule is CO[C@H]1CNCC[C@@H]1NC(=O)OC(C)(C)C.O=C(O)C(=O)O. The van der Waals surface area contributed by atoms with Crippen molar-refractivity contribution in [2.45, 2.75) is 44.9 Å². The Hall–Kier alpha value is -1.87. The van der Waals surface area contributed by atoms with Gasteiger partial charge in [-0.25, -0.2) is 14.4 Å². The number of hydrogen-bond acceptors (Lipinski definition) is 6. The third-order valence-electron chi connectivity index (χ3n) is 2.61. The number of nitrogens with one attached hydrogen (secondary N) is 2. The van der Waals surface area contributed by atoms with Gasteiger partial charge in [0.25, 0.3) is 0 Å². The molecule has 1 aliphatic rings. The Balaban J connectivity index is 0.000000626. The van der Waals surface area contributed by atoms with Crippen molar-refractivity contribution in [1.82, 2.24) is 10.6 Å². The molecule has 1 saturated heterocycles. The van der Waals surface area contributed by atoms with Crippen molar-refractivity contribution < 1.29 is 34.1 Å². The van der Waals surface area contributed by atoms with E-state index in [1.54, 1.807) is 7.11 Å². The Morgan fingerprint density at radius 1 is 1.18 bits per heavy atom. The van der Waals surface area contributed by atoms with E-state index in [-0.39, 0.29) is 18.2 Å². The first kappa shape index (κ1) is 20.1. The first-order chi connectivity index (χ1) is 10.1. The summed E-state index contributed by atoms with van der Waals surface area (Å²) in [6, 6.07) is 0.0288. The van der Waals surface area contributed by atoms with Gasteiger partial charge in [0.1, 0.15) is 5.60 Å². The third kappa shape index (κ3) is 9.14. The molecule has 9 nitrogen and oxygen atoms in total. The zero-order valence-electron chi connectivity index (χ0n) is 13.2. The molecule has 0 bridgehead atoms. The Labute approximate surface area is 129 Å². The van der Waals surface area contributed by atoms with Crippen molar-refractivity contribution in [3.8, 4) is 0 Å². The standard InChI is InChI=1S/C11H22N2O3.C2H2O4/c1-11(2,3)16-10(14)13-8-5-6-12-7-9(8)15-4;3-1(4)2(5)6/h8-9,12H,5-7H2,1-4H3,(H,13,14);(H,3,4)(H,5,6)/t8-,9-;/m0./s1. The van der Waals surface area contributed by atoms with Gasteiger partial charge in [0, 0.05) is 13.7 Å². The van der Waals surface area contributed by atoms with Crippen LogP contribution >= 0.6 is 0 Å². The molecule has 1 heterocycles. The summed E-state index contributed by atoms with van der Waals surface area (Å²) in [5.74, 6) is -3.65. The molecule has 1 amide bonds. The predicted molar refractivity (Wildman–Crippen MR) is 76.7 cm³/mol. The van der Waals surface area contributed by atoms with E-state index >= 15 is 0 Å². The third-order valence-corrected chi connectivity index (χ3v) is 2.61. The van der Waals surface area contributed by atoms with Crippen molar-refractivity contribution >= 4 is 18.0 Å². The maximum Gasteiger partial charge on any atom is 0.414 e. The van der Waals surface area contributed by atoms with Crippen LogP contribution in [0.3, 0.4) is 0 Å². The zero-order valence-corrected chi connectivity index (χ0v) is 13.2. The highest BCUT2D eigenvalue weighted by molar-refractivity contribution is 6.27. The van der Waals surface area contributed by atoms with Gasteiger partial charge in [0.05, 0.1) is 12.1 Å². The number of rotatable bonds is 2. The van der Waals surface area contributed by atoms with Crippen molar-refractivity contribution in [2.24, 2.45) is 0 Å². The van der Waals surface area contributed by atoms with Crippen LogP contribution in [0.25, 0.3) is 0 Å². The van der Waals surface area contributed by atoms with E-state index in [2.05, 4.69) is 10.6 Å². The maximum atomic E-state index is 11.6. The molecule has 0 unspecified atom stereocenters. The fourth-order valence-corrected chi connectivity index (χ4v) is 1.70. The second-order valence-electron chi connectivity index (χ2n) is 5.63. The van der Waals surface area contributed by atoms with E-state index in [1.807, 2.05) is 20.8 Å². The number of methoxy groups -OCH3 is 1. The summed E-state index contributed by atoms with van der Waals surface area (Å²) in [5.41, 5.74) is -0.459. The molecule has 22 heavy (non-hydrogen) atoms. The summed E-state index contributed by atoms with van der Waals surface area (Å²) < 4.78 is 10.5. The Bertz CT molecular complexity index is 380. The minimum atomic E-state index is -1.82. The van der Waals surface area contributed by atoms with Crippen molar-refractivity contribution in [3.05, 3.63) is 0 Å². The lowest BCUT2D eigenvalue weighted by Gasteiger charge is -2.32. The highest BCUT2D eigenvalue weighted by atomic mass is 16.6. The van der Waals surface area contributed by atoms with Gasteiger partial charge in [-0.2, -0.15) is 0 Å². The van der Waals surface area contributed by atoms with Crippen LogP contribution in [-0.2, 0) is 19.1 Å². The molecule has 2 atom stereocenters. The molecule has 0 aliphatic carbocycles. The first-order valence-corrected chi connectivity index (χ1v) is 6.76. The summed E-state index contributed by atoms with van der Waals surface area (Å²) in [7, 11) is 1.65. The molecule has 1 rings (SSSR count). The largest absolute Gasteiger partial charge is 0.473 e. The average Bonchev–Trinajstić information content (AvgIpc) is 2.37. The van der Waals surface area contributed by atoms with Crippen LogP contribution < -0.4 is 10.6 Å². The smallest absolute Gasteiger partial charge is 0.414 e. The molecular weight excluding hydrogens is 296 g/mol. The molecule has 0 aromatic rings. The minimum absolute atomic E-state index is 0.0151. The van der Waals surface area contributed by atoms with Gasteiger partial charge in [-0.05, 0) is 33.7 Å². The number of amides is 1. The van der Waals surface area contributed by atoms with Crippen molar-refractivity contribution in [3.63, 3.8) is 0 Å². The van der Waals surface area contributed by atoms with Crippen molar-refractivity contribution in [1.29, 1.82) is 0 Å². The molecule has 4 N–H and O–H groups in total. The van der Waals surface area contributed by atoms with Gasteiger partial charge in [-0.1, -0.05) is 0 Å². The van der Waals surface area contributed by atoms with Gasteiger partial charge >= 0.3 is 18.0 Å².